The summed E-state index contributed by atoms with van der Waals surface area (Å²) in [5.41, 5.74) is 4.15. The monoisotopic (exact) mass is 248 g/mol. The van der Waals surface area contributed by atoms with E-state index in [1.165, 1.54) is 16.7 Å². The van der Waals surface area contributed by atoms with Crippen LogP contribution in [0.4, 0.5) is 0 Å². The van der Waals surface area contributed by atoms with Gasteiger partial charge in [0.1, 0.15) is 0 Å². The number of hydrogen-bond acceptors (Lipinski definition) is 3. The highest BCUT2D eigenvalue weighted by atomic mass is 16.5. The summed E-state index contributed by atoms with van der Waals surface area (Å²) in [6.45, 7) is 9.14. The molecule has 0 amide bonds. The van der Waals surface area contributed by atoms with Gasteiger partial charge in [-0.15, -0.1) is 0 Å². The first kappa shape index (κ1) is 13.5. The van der Waals surface area contributed by atoms with E-state index in [1.807, 2.05) is 0 Å². The maximum atomic E-state index is 5.74. The molecule has 1 fully saturated rings. The van der Waals surface area contributed by atoms with Gasteiger partial charge in [0, 0.05) is 26.2 Å². The molecule has 0 aliphatic carbocycles. The molecule has 0 aromatic heterocycles. The van der Waals surface area contributed by atoms with Crippen molar-refractivity contribution in [2.24, 2.45) is 0 Å². The van der Waals surface area contributed by atoms with Gasteiger partial charge in [-0.05, 0) is 37.6 Å². The molecule has 0 spiro atoms. The first-order valence-electron chi connectivity index (χ1n) is 6.73. The lowest BCUT2D eigenvalue weighted by Crippen LogP contribution is -2.44. The van der Waals surface area contributed by atoms with Gasteiger partial charge in [-0.2, -0.15) is 0 Å². The van der Waals surface area contributed by atoms with Crippen molar-refractivity contribution in [1.82, 2.24) is 10.2 Å². The Morgan fingerprint density at radius 1 is 1.33 bits per heavy atom. The molecule has 0 bridgehead atoms. The van der Waals surface area contributed by atoms with Crippen LogP contribution in [0.3, 0.4) is 0 Å². The highest BCUT2D eigenvalue weighted by molar-refractivity contribution is 5.33. The fourth-order valence-electron chi connectivity index (χ4n) is 2.48. The van der Waals surface area contributed by atoms with E-state index in [2.05, 4.69) is 49.3 Å². The van der Waals surface area contributed by atoms with Gasteiger partial charge < -0.3 is 15.0 Å². The molecule has 1 aromatic rings. The molecule has 2 rings (SSSR count). The molecule has 0 saturated carbocycles. The average molecular weight is 248 g/mol. The zero-order valence-corrected chi connectivity index (χ0v) is 11.7. The lowest BCUT2D eigenvalue weighted by molar-refractivity contribution is -0.0182. The Kier molecular flexibility index (Phi) is 4.75. The van der Waals surface area contributed by atoms with Crippen molar-refractivity contribution in [3.63, 3.8) is 0 Å². The van der Waals surface area contributed by atoms with E-state index in [1.54, 1.807) is 0 Å². The van der Waals surface area contributed by atoms with Crippen LogP contribution >= 0.6 is 0 Å². The number of nitrogens with one attached hydrogen (secondary N) is 1. The molecule has 1 aliphatic heterocycles. The number of morpholine rings is 1. The third kappa shape index (κ3) is 3.55. The van der Waals surface area contributed by atoms with Gasteiger partial charge in [0.15, 0.2) is 0 Å². The first-order chi connectivity index (χ1) is 8.66. The number of hydrogen-bond donors (Lipinski definition) is 1. The van der Waals surface area contributed by atoms with Gasteiger partial charge in [0.05, 0.1) is 12.7 Å². The molecule has 1 unspecified atom stereocenters. The summed E-state index contributed by atoms with van der Waals surface area (Å²) in [4.78, 5) is 2.33. The van der Waals surface area contributed by atoms with Crippen LogP contribution in [0.25, 0.3) is 0 Å². The van der Waals surface area contributed by atoms with Crippen LogP contribution < -0.4 is 5.32 Å². The van der Waals surface area contributed by atoms with E-state index in [-0.39, 0.29) is 0 Å². The topological polar surface area (TPSA) is 24.5 Å². The lowest BCUT2D eigenvalue weighted by atomic mass is 10.0. The number of rotatable bonds is 4. The Hall–Kier alpha value is -0.900. The van der Waals surface area contributed by atoms with Crippen LogP contribution in [-0.4, -0.2) is 44.3 Å². The van der Waals surface area contributed by atoms with Gasteiger partial charge in [-0.1, -0.05) is 18.2 Å². The van der Waals surface area contributed by atoms with Gasteiger partial charge in [0.2, 0.25) is 0 Å². The van der Waals surface area contributed by atoms with Gasteiger partial charge >= 0.3 is 0 Å². The van der Waals surface area contributed by atoms with Gasteiger partial charge in [-0.25, -0.2) is 0 Å². The second-order valence-corrected chi connectivity index (χ2v) is 5.26. The first-order valence-corrected chi connectivity index (χ1v) is 6.73. The normalized spacial score (nSPS) is 21.2. The molecule has 1 saturated heterocycles. The van der Waals surface area contributed by atoms with Crippen molar-refractivity contribution < 1.29 is 4.74 Å². The van der Waals surface area contributed by atoms with E-state index in [4.69, 9.17) is 4.74 Å². The standard InChI is InChI=1S/C15H24N2O/c1-12-5-4-6-13(2)15(12)10-16-9-14-11-17(3)7-8-18-14/h4-6,14,16H,7-11H2,1-3H3. The van der Waals surface area contributed by atoms with Crippen LogP contribution in [0.2, 0.25) is 0 Å². The Labute approximate surface area is 110 Å². The molecule has 3 nitrogen and oxygen atoms in total. The molecule has 100 valence electrons. The second-order valence-electron chi connectivity index (χ2n) is 5.26. The predicted octanol–water partition coefficient (Wildman–Crippen LogP) is 1.72. The highest BCUT2D eigenvalue weighted by Crippen LogP contribution is 2.12. The third-order valence-electron chi connectivity index (χ3n) is 3.66. The number of aryl methyl sites for hydroxylation is 2. The Morgan fingerprint density at radius 3 is 2.72 bits per heavy atom. The Bertz CT molecular complexity index is 372. The van der Waals surface area contributed by atoms with E-state index in [0.29, 0.717) is 6.10 Å². The van der Waals surface area contributed by atoms with E-state index in [0.717, 1.165) is 32.8 Å². The van der Waals surface area contributed by atoms with E-state index in [9.17, 15) is 0 Å². The fraction of sp³-hybridized carbons (Fsp3) is 0.600. The van der Waals surface area contributed by atoms with Crippen molar-refractivity contribution in [2.75, 3.05) is 33.3 Å². The minimum Gasteiger partial charge on any atom is -0.374 e. The summed E-state index contributed by atoms with van der Waals surface area (Å²) in [7, 11) is 2.15. The summed E-state index contributed by atoms with van der Waals surface area (Å²) < 4.78 is 5.74. The third-order valence-corrected chi connectivity index (χ3v) is 3.66. The predicted molar refractivity (Wildman–Crippen MR) is 74.9 cm³/mol. The van der Waals surface area contributed by atoms with Crippen molar-refractivity contribution in [2.45, 2.75) is 26.5 Å². The minimum absolute atomic E-state index is 0.327. The van der Waals surface area contributed by atoms with Crippen LogP contribution in [0.15, 0.2) is 18.2 Å². The Morgan fingerprint density at radius 2 is 2.06 bits per heavy atom. The van der Waals surface area contributed by atoms with Gasteiger partial charge in [0.25, 0.3) is 0 Å². The van der Waals surface area contributed by atoms with Crippen molar-refractivity contribution in [1.29, 1.82) is 0 Å². The van der Waals surface area contributed by atoms with Gasteiger partial charge in [-0.3, -0.25) is 0 Å². The minimum atomic E-state index is 0.327. The number of nitrogens with zero attached hydrogens (tertiary/aromatic N) is 1. The number of benzene rings is 1. The maximum Gasteiger partial charge on any atom is 0.0826 e. The second kappa shape index (κ2) is 6.32. The molecule has 1 aliphatic rings. The zero-order chi connectivity index (χ0) is 13.0. The smallest absolute Gasteiger partial charge is 0.0826 e. The molecule has 1 heterocycles. The average Bonchev–Trinajstić information content (AvgIpc) is 2.33. The lowest BCUT2D eigenvalue weighted by Gasteiger charge is -2.30. The van der Waals surface area contributed by atoms with Crippen LogP contribution in [-0.2, 0) is 11.3 Å². The summed E-state index contributed by atoms with van der Waals surface area (Å²) in [6, 6.07) is 6.47. The summed E-state index contributed by atoms with van der Waals surface area (Å²) in [5.74, 6) is 0. The molecule has 1 N–H and O–H groups in total. The number of ether oxygens (including phenoxy) is 1. The summed E-state index contributed by atoms with van der Waals surface area (Å²) >= 11 is 0. The largest absolute Gasteiger partial charge is 0.374 e. The highest BCUT2D eigenvalue weighted by Gasteiger charge is 2.17. The molecule has 3 heteroatoms. The van der Waals surface area contributed by atoms with Crippen LogP contribution in [0.1, 0.15) is 16.7 Å². The van der Waals surface area contributed by atoms with Crippen LogP contribution in [0, 0.1) is 13.8 Å². The summed E-state index contributed by atoms with van der Waals surface area (Å²) in [6.07, 6.45) is 0.327. The molecular weight excluding hydrogens is 224 g/mol. The van der Waals surface area contributed by atoms with E-state index < -0.39 is 0 Å². The molecule has 18 heavy (non-hydrogen) atoms. The molecule has 1 aromatic carbocycles. The number of likely N-dealkylation sites (N-methyl/N-ethyl adjacent to an activating group) is 1. The maximum absolute atomic E-state index is 5.74. The Balaban J connectivity index is 1.81. The molecule has 0 radical (unpaired) electrons. The molecule has 1 atom stereocenters. The van der Waals surface area contributed by atoms with Crippen molar-refractivity contribution in [3.8, 4) is 0 Å². The van der Waals surface area contributed by atoms with Crippen molar-refractivity contribution in [3.05, 3.63) is 34.9 Å². The quantitative estimate of drug-likeness (QED) is 0.878. The van der Waals surface area contributed by atoms with Crippen molar-refractivity contribution >= 4 is 0 Å². The molecular formula is C15H24N2O. The SMILES string of the molecule is Cc1cccc(C)c1CNCC1CN(C)CCO1. The fourth-order valence-corrected chi connectivity index (χ4v) is 2.48. The van der Waals surface area contributed by atoms with E-state index >= 15 is 0 Å². The zero-order valence-electron chi connectivity index (χ0n) is 11.7. The summed E-state index contributed by atoms with van der Waals surface area (Å²) in [5, 5.41) is 3.52. The van der Waals surface area contributed by atoms with Crippen LogP contribution in [0.5, 0.6) is 0 Å².